The van der Waals surface area contributed by atoms with Crippen molar-refractivity contribution in [3.05, 3.63) is 35.4 Å². The quantitative estimate of drug-likeness (QED) is 0.891. The third-order valence-electron chi connectivity index (χ3n) is 5.09. The van der Waals surface area contributed by atoms with Gasteiger partial charge >= 0.3 is 0 Å². The molecule has 1 saturated carbocycles. The van der Waals surface area contributed by atoms with Gasteiger partial charge in [-0.25, -0.2) is 8.78 Å². The zero-order valence-electron chi connectivity index (χ0n) is 12.5. The summed E-state index contributed by atoms with van der Waals surface area (Å²) >= 11 is 0. The van der Waals surface area contributed by atoms with Crippen molar-refractivity contribution in [2.75, 3.05) is 13.1 Å². The summed E-state index contributed by atoms with van der Waals surface area (Å²) in [6, 6.07) is 4.32. The van der Waals surface area contributed by atoms with E-state index in [0.29, 0.717) is 12.1 Å². The first-order valence-corrected chi connectivity index (χ1v) is 7.96. The maximum atomic E-state index is 14.0. The number of hydrogen-bond donors (Lipinski definition) is 1. The highest BCUT2D eigenvalue weighted by Gasteiger charge is 2.41. The van der Waals surface area contributed by atoms with Crippen molar-refractivity contribution < 1.29 is 13.5 Å². The number of hydrogen-bond acceptors (Lipinski definition) is 2. The molecule has 0 amide bonds. The van der Waals surface area contributed by atoms with Gasteiger partial charge in [0.25, 0.3) is 0 Å². The van der Waals surface area contributed by atoms with E-state index < -0.39 is 17.7 Å². The minimum atomic E-state index is -0.801. The minimum Gasteiger partial charge on any atom is -0.364 e. The first-order valence-electron chi connectivity index (χ1n) is 7.96. The molecule has 2 aliphatic rings. The van der Waals surface area contributed by atoms with Crippen molar-refractivity contribution in [3.8, 4) is 0 Å². The fourth-order valence-electron chi connectivity index (χ4n) is 3.67. The fourth-order valence-corrected chi connectivity index (χ4v) is 3.67. The van der Waals surface area contributed by atoms with Crippen LogP contribution in [0.3, 0.4) is 0 Å². The van der Waals surface area contributed by atoms with E-state index in [1.165, 1.54) is 6.42 Å². The van der Waals surface area contributed by atoms with Crippen LogP contribution in [0.4, 0.5) is 8.78 Å². The molecular weight excluding hydrogens is 272 g/mol. The van der Waals surface area contributed by atoms with Crippen molar-refractivity contribution in [2.24, 2.45) is 5.92 Å². The highest BCUT2D eigenvalue weighted by molar-refractivity contribution is 5.22. The van der Waals surface area contributed by atoms with Crippen LogP contribution in [0.2, 0.25) is 0 Å². The van der Waals surface area contributed by atoms with Crippen LogP contribution in [-0.2, 0) is 4.74 Å². The van der Waals surface area contributed by atoms with E-state index in [1.54, 1.807) is 12.1 Å². The van der Waals surface area contributed by atoms with Crippen LogP contribution in [0.25, 0.3) is 0 Å². The summed E-state index contributed by atoms with van der Waals surface area (Å²) in [6.07, 6.45) is 5.16. The van der Waals surface area contributed by atoms with E-state index in [9.17, 15) is 8.78 Å². The number of nitrogens with one attached hydrogen (secondary N) is 1. The number of ether oxygens (including phenoxy) is 1. The van der Waals surface area contributed by atoms with Gasteiger partial charge in [0, 0.05) is 18.7 Å². The van der Waals surface area contributed by atoms with Crippen molar-refractivity contribution in [3.63, 3.8) is 0 Å². The molecule has 1 spiro atoms. The minimum absolute atomic E-state index is 0.201. The van der Waals surface area contributed by atoms with Crippen LogP contribution in [0, 0.1) is 17.6 Å². The molecule has 1 aliphatic carbocycles. The highest BCUT2D eigenvalue weighted by Crippen LogP contribution is 2.41. The first-order chi connectivity index (χ1) is 10.1. The molecule has 0 radical (unpaired) electrons. The zero-order valence-corrected chi connectivity index (χ0v) is 12.5. The molecule has 3 rings (SSSR count). The van der Waals surface area contributed by atoms with Crippen molar-refractivity contribution >= 4 is 0 Å². The molecule has 1 heterocycles. The molecule has 1 aromatic carbocycles. The summed E-state index contributed by atoms with van der Waals surface area (Å²) in [4.78, 5) is 0. The van der Waals surface area contributed by atoms with Gasteiger partial charge in [-0.15, -0.1) is 0 Å². The Bertz CT molecular complexity index is 498. The van der Waals surface area contributed by atoms with Crippen LogP contribution in [0.15, 0.2) is 18.2 Å². The van der Waals surface area contributed by atoms with Gasteiger partial charge in [0.2, 0.25) is 0 Å². The topological polar surface area (TPSA) is 21.3 Å². The Kier molecular flexibility index (Phi) is 4.27. The normalized spacial score (nSPS) is 33.3. The number of morpholine rings is 1. The van der Waals surface area contributed by atoms with Gasteiger partial charge < -0.3 is 10.1 Å². The Hall–Kier alpha value is -1.00. The van der Waals surface area contributed by atoms with Gasteiger partial charge in [-0.2, -0.15) is 0 Å². The second-order valence-corrected chi connectivity index (χ2v) is 6.42. The van der Waals surface area contributed by atoms with Crippen molar-refractivity contribution in [2.45, 2.75) is 50.7 Å². The van der Waals surface area contributed by atoms with Crippen LogP contribution in [0.5, 0.6) is 0 Å². The van der Waals surface area contributed by atoms with Gasteiger partial charge in [-0.1, -0.05) is 25.5 Å². The predicted octanol–water partition coefficient (Wildman–Crippen LogP) is 3.96. The molecule has 1 saturated heterocycles. The smallest absolute Gasteiger partial charge is 0.164 e. The van der Waals surface area contributed by atoms with Crippen LogP contribution in [-0.4, -0.2) is 18.7 Å². The molecule has 1 unspecified atom stereocenters. The highest BCUT2D eigenvalue weighted by atomic mass is 19.2. The van der Waals surface area contributed by atoms with Gasteiger partial charge in [0.05, 0.1) is 11.7 Å². The molecule has 1 N–H and O–H groups in total. The lowest BCUT2D eigenvalue weighted by Gasteiger charge is -2.46. The summed E-state index contributed by atoms with van der Waals surface area (Å²) < 4.78 is 33.7. The summed E-state index contributed by atoms with van der Waals surface area (Å²) in [5.41, 5.74) is 0.132. The summed E-state index contributed by atoms with van der Waals surface area (Å²) in [5.74, 6) is -0.792. The Morgan fingerprint density at radius 1 is 1.29 bits per heavy atom. The molecule has 0 bridgehead atoms. The summed E-state index contributed by atoms with van der Waals surface area (Å²) in [7, 11) is 0. The maximum Gasteiger partial charge on any atom is 0.164 e. The van der Waals surface area contributed by atoms with Gasteiger partial charge in [0.15, 0.2) is 11.6 Å². The maximum absolute atomic E-state index is 14.0. The predicted molar refractivity (Wildman–Crippen MR) is 78.0 cm³/mol. The largest absolute Gasteiger partial charge is 0.364 e. The standard InChI is InChI=1S/C17H23F2NO/c1-2-12-6-8-17(9-7-12)11-20-10-15(21-17)13-4-3-5-14(18)16(13)19/h3-5,12,15,20H,2,6-11H2,1H3. The molecule has 1 atom stereocenters. The van der Waals surface area contributed by atoms with Crippen LogP contribution >= 0.6 is 0 Å². The monoisotopic (exact) mass is 295 g/mol. The Morgan fingerprint density at radius 3 is 2.76 bits per heavy atom. The Labute approximate surface area is 124 Å². The van der Waals surface area contributed by atoms with Gasteiger partial charge in [-0.05, 0) is 37.7 Å². The summed E-state index contributed by atoms with van der Waals surface area (Å²) in [6.45, 7) is 3.59. The number of rotatable bonds is 2. The average molecular weight is 295 g/mol. The van der Waals surface area contributed by atoms with Gasteiger partial charge in [0.1, 0.15) is 0 Å². The summed E-state index contributed by atoms with van der Waals surface area (Å²) in [5, 5.41) is 3.36. The first kappa shape index (κ1) is 14.9. The van der Waals surface area contributed by atoms with E-state index in [2.05, 4.69) is 12.2 Å². The lowest BCUT2D eigenvalue weighted by Crippen LogP contribution is -2.52. The SMILES string of the molecule is CCC1CCC2(CC1)CNCC(c1cccc(F)c1F)O2. The molecule has 1 aliphatic heterocycles. The molecule has 0 aromatic heterocycles. The molecular formula is C17H23F2NO. The molecule has 21 heavy (non-hydrogen) atoms. The third-order valence-corrected chi connectivity index (χ3v) is 5.09. The number of halogens is 2. The second kappa shape index (κ2) is 6.01. The van der Waals surface area contributed by atoms with E-state index >= 15 is 0 Å². The van der Waals surface area contributed by atoms with Crippen molar-refractivity contribution in [1.82, 2.24) is 5.32 Å². The van der Waals surface area contributed by atoms with Crippen LogP contribution in [0.1, 0.15) is 50.7 Å². The fraction of sp³-hybridized carbons (Fsp3) is 0.647. The average Bonchev–Trinajstić information content (AvgIpc) is 2.51. The zero-order chi connectivity index (χ0) is 14.9. The van der Waals surface area contributed by atoms with E-state index in [1.807, 2.05) is 0 Å². The van der Waals surface area contributed by atoms with Crippen molar-refractivity contribution in [1.29, 1.82) is 0 Å². The molecule has 2 nitrogen and oxygen atoms in total. The number of benzene rings is 1. The Morgan fingerprint density at radius 2 is 2.05 bits per heavy atom. The lowest BCUT2D eigenvalue weighted by atomic mass is 9.77. The van der Waals surface area contributed by atoms with Crippen LogP contribution < -0.4 is 5.32 Å². The van der Waals surface area contributed by atoms with E-state index in [0.717, 1.165) is 44.2 Å². The van der Waals surface area contributed by atoms with Gasteiger partial charge in [-0.3, -0.25) is 0 Å². The molecule has 2 fully saturated rings. The molecule has 4 heteroatoms. The Balaban J connectivity index is 1.76. The van der Waals surface area contributed by atoms with E-state index in [4.69, 9.17) is 4.74 Å². The molecule has 116 valence electrons. The lowest BCUT2D eigenvalue weighted by molar-refractivity contribution is -0.142. The third kappa shape index (κ3) is 2.97. The molecule has 1 aromatic rings. The second-order valence-electron chi connectivity index (χ2n) is 6.42. The van der Waals surface area contributed by atoms with E-state index in [-0.39, 0.29) is 5.60 Å².